The van der Waals surface area contributed by atoms with Crippen molar-refractivity contribution in [2.75, 3.05) is 50.0 Å². The Morgan fingerprint density at radius 2 is 1.26 bits per heavy atom. The highest BCUT2D eigenvalue weighted by atomic mass is 32.2. The van der Waals surface area contributed by atoms with Crippen molar-refractivity contribution < 1.29 is 31.2 Å². The normalized spacial score (nSPS) is 16.9. The predicted molar refractivity (Wildman–Crippen MR) is 162 cm³/mol. The number of sulfonamides is 2. The van der Waals surface area contributed by atoms with Crippen LogP contribution in [0.3, 0.4) is 0 Å². The molecule has 0 atom stereocenters. The second-order valence-corrected chi connectivity index (χ2v) is 14.3. The van der Waals surface area contributed by atoms with E-state index in [0.717, 1.165) is 19.3 Å². The molecule has 0 spiro atoms. The van der Waals surface area contributed by atoms with Gasteiger partial charge in [0.15, 0.2) is 0 Å². The molecule has 11 nitrogen and oxygen atoms in total. The molecule has 2 N–H and O–H groups in total. The molecule has 5 rings (SSSR count). The minimum Gasteiger partial charge on any atom is -0.379 e. The number of morpholine rings is 1. The van der Waals surface area contributed by atoms with E-state index in [2.05, 4.69) is 10.6 Å². The van der Waals surface area contributed by atoms with Crippen molar-refractivity contribution in [2.45, 2.75) is 36.0 Å². The molecule has 0 unspecified atom stereocenters. The lowest BCUT2D eigenvalue weighted by molar-refractivity contribution is 0.0730. The van der Waals surface area contributed by atoms with Crippen LogP contribution in [-0.2, 0) is 24.8 Å². The summed E-state index contributed by atoms with van der Waals surface area (Å²) in [5, 5.41) is 5.50. The van der Waals surface area contributed by atoms with Gasteiger partial charge in [-0.15, -0.1) is 0 Å². The third-order valence-corrected chi connectivity index (χ3v) is 11.4. The predicted octanol–water partition coefficient (Wildman–Crippen LogP) is 3.70. The number of hydrogen-bond donors (Lipinski definition) is 2. The molecule has 2 saturated heterocycles. The average Bonchev–Trinajstić information content (AvgIpc) is 3.02. The van der Waals surface area contributed by atoms with Crippen LogP contribution in [0.2, 0.25) is 0 Å². The molecule has 2 aliphatic heterocycles. The van der Waals surface area contributed by atoms with Gasteiger partial charge in [0, 0.05) is 48.7 Å². The highest BCUT2D eigenvalue weighted by Crippen LogP contribution is 2.25. The van der Waals surface area contributed by atoms with Crippen molar-refractivity contribution >= 4 is 43.2 Å². The van der Waals surface area contributed by atoms with Gasteiger partial charge >= 0.3 is 0 Å². The standard InChI is InChI=1S/C30H34N4O7S2/c1-22-11-12-24(20-28(22)43(39,40)34-15-17-41-18-16-34)30(36)32-26-9-6-8-25(21-26)31-29(35)23-7-5-10-27(19-23)42(37,38)33-13-3-2-4-14-33/h5-12,19-21H,2-4,13-18H2,1H3,(H,31,35)(H,32,36). The molecule has 3 aromatic carbocycles. The van der Waals surface area contributed by atoms with Crippen molar-refractivity contribution in [1.29, 1.82) is 0 Å². The summed E-state index contributed by atoms with van der Waals surface area (Å²) < 4.78 is 60.7. The molecule has 228 valence electrons. The highest BCUT2D eigenvalue weighted by molar-refractivity contribution is 7.89. The number of piperidine rings is 1. The molecule has 2 fully saturated rings. The maximum atomic E-state index is 13.2. The molecule has 13 heteroatoms. The van der Waals surface area contributed by atoms with E-state index in [9.17, 15) is 26.4 Å². The molecular formula is C30H34N4O7S2. The Bertz CT molecular complexity index is 1730. The van der Waals surface area contributed by atoms with Crippen molar-refractivity contribution in [3.05, 3.63) is 83.4 Å². The SMILES string of the molecule is Cc1ccc(C(=O)Nc2cccc(NC(=O)c3cccc(S(=O)(=O)N4CCCCC4)c3)c2)cc1S(=O)(=O)N1CCOCC1. The zero-order chi connectivity index (χ0) is 30.6. The number of ether oxygens (including phenoxy) is 1. The van der Waals surface area contributed by atoms with Gasteiger partial charge in [-0.3, -0.25) is 9.59 Å². The van der Waals surface area contributed by atoms with Crippen molar-refractivity contribution in [1.82, 2.24) is 8.61 Å². The van der Waals surface area contributed by atoms with Gasteiger partial charge in [-0.1, -0.05) is 24.6 Å². The van der Waals surface area contributed by atoms with Crippen LogP contribution in [0.1, 0.15) is 45.5 Å². The smallest absolute Gasteiger partial charge is 0.255 e. The van der Waals surface area contributed by atoms with E-state index < -0.39 is 31.9 Å². The monoisotopic (exact) mass is 626 g/mol. The first-order valence-electron chi connectivity index (χ1n) is 14.1. The molecule has 2 heterocycles. The highest BCUT2D eigenvalue weighted by Gasteiger charge is 2.29. The first-order valence-corrected chi connectivity index (χ1v) is 17.0. The minimum atomic E-state index is -3.80. The number of carbonyl (C=O) groups is 2. The van der Waals surface area contributed by atoms with Gasteiger partial charge in [0.25, 0.3) is 11.8 Å². The molecule has 3 aromatic rings. The quantitative estimate of drug-likeness (QED) is 0.388. The van der Waals surface area contributed by atoms with Gasteiger partial charge in [0.2, 0.25) is 20.0 Å². The summed E-state index contributed by atoms with van der Waals surface area (Å²) in [6.45, 7) is 3.73. The Hall–Kier alpha value is -3.62. The number of rotatable bonds is 8. The molecule has 2 amide bonds. The summed E-state index contributed by atoms with van der Waals surface area (Å²) in [5.41, 5.74) is 1.63. The topological polar surface area (TPSA) is 142 Å². The number of nitrogens with one attached hydrogen (secondary N) is 2. The van der Waals surface area contributed by atoms with Gasteiger partial charge in [0.05, 0.1) is 23.0 Å². The first-order chi connectivity index (χ1) is 20.6. The fraction of sp³-hybridized carbons (Fsp3) is 0.333. The van der Waals surface area contributed by atoms with E-state index in [0.29, 0.717) is 43.2 Å². The molecular weight excluding hydrogens is 592 g/mol. The number of benzene rings is 3. The fourth-order valence-corrected chi connectivity index (χ4v) is 8.30. The molecule has 0 bridgehead atoms. The van der Waals surface area contributed by atoms with Crippen LogP contribution in [0.15, 0.2) is 76.5 Å². The summed E-state index contributed by atoms with van der Waals surface area (Å²) >= 11 is 0. The Morgan fingerprint density at radius 3 is 1.91 bits per heavy atom. The maximum absolute atomic E-state index is 13.2. The Morgan fingerprint density at radius 1 is 0.674 bits per heavy atom. The van der Waals surface area contributed by atoms with E-state index in [1.54, 1.807) is 43.3 Å². The lowest BCUT2D eigenvalue weighted by Crippen LogP contribution is -2.40. The average molecular weight is 627 g/mol. The first kappa shape index (κ1) is 30.8. The third-order valence-electron chi connectivity index (χ3n) is 7.47. The van der Waals surface area contributed by atoms with E-state index in [4.69, 9.17) is 4.74 Å². The van der Waals surface area contributed by atoms with E-state index >= 15 is 0 Å². The van der Waals surface area contributed by atoms with Crippen molar-refractivity contribution in [3.8, 4) is 0 Å². The van der Waals surface area contributed by atoms with Crippen LogP contribution in [0.4, 0.5) is 11.4 Å². The second-order valence-electron chi connectivity index (χ2n) is 10.5. The Balaban J connectivity index is 1.29. The largest absolute Gasteiger partial charge is 0.379 e. The molecule has 0 radical (unpaired) electrons. The maximum Gasteiger partial charge on any atom is 0.255 e. The summed E-state index contributed by atoms with van der Waals surface area (Å²) in [6.07, 6.45) is 2.62. The van der Waals surface area contributed by atoms with Gasteiger partial charge in [-0.2, -0.15) is 8.61 Å². The summed E-state index contributed by atoms with van der Waals surface area (Å²) in [4.78, 5) is 26.3. The molecule has 43 heavy (non-hydrogen) atoms. The minimum absolute atomic E-state index is 0.0626. The van der Waals surface area contributed by atoms with Crippen LogP contribution in [-0.4, -0.2) is 76.7 Å². The van der Waals surface area contributed by atoms with Crippen LogP contribution in [0.25, 0.3) is 0 Å². The Kier molecular flexibility index (Phi) is 9.28. The van der Waals surface area contributed by atoms with Gasteiger partial charge in [-0.25, -0.2) is 16.8 Å². The van der Waals surface area contributed by atoms with Crippen LogP contribution in [0.5, 0.6) is 0 Å². The van der Waals surface area contributed by atoms with E-state index in [1.807, 2.05) is 0 Å². The van der Waals surface area contributed by atoms with Crippen molar-refractivity contribution in [3.63, 3.8) is 0 Å². The number of aryl methyl sites for hydroxylation is 1. The lowest BCUT2D eigenvalue weighted by Gasteiger charge is -2.26. The fourth-order valence-electron chi connectivity index (χ4n) is 5.08. The summed E-state index contributed by atoms with van der Waals surface area (Å²) in [7, 11) is -7.50. The van der Waals surface area contributed by atoms with Gasteiger partial charge < -0.3 is 15.4 Å². The number of carbonyl (C=O) groups excluding carboxylic acids is 2. The van der Waals surface area contributed by atoms with Crippen molar-refractivity contribution in [2.24, 2.45) is 0 Å². The lowest BCUT2D eigenvalue weighted by atomic mass is 10.1. The van der Waals surface area contributed by atoms with E-state index in [1.165, 1.54) is 38.9 Å². The zero-order valence-electron chi connectivity index (χ0n) is 23.8. The van der Waals surface area contributed by atoms with Crippen LogP contribution < -0.4 is 10.6 Å². The molecule has 0 aromatic heterocycles. The van der Waals surface area contributed by atoms with Gasteiger partial charge in [0.1, 0.15) is 0 Å². The third kappa shape index (κ3) is 6.97. The van der Waals surface area contributed by atoms with E-state index in [-0.39, 0.29) is 34.0 Å². The zero-order valence-corrected chi connectivity index (χ0v) is 25.4. The molecule has 0 saturated carbocycles. The number of anilines is 2. The second kappa shape index (κ2) is 12.9. The number of hydrogen-bond acceptors (Lipinski definition) is 7. The van der Waals surface area contributed by atoms with Crippen LogP contribution >= 0.6 is 0 Å². The number of amides is 2. The Labute approximate surface area is 251 Å². The van der Waals surface area contributed by atoms with Crippen LogP contribution in [0, 0.1) is 6.92 Å². The summed E-state index contributed by atoms with van der Waals surface area (Å²) in [5.74, 6) is -1.02. The molecule has 0 aliphatic carbocycles. The summed E-state index contributed by atoms with van der Waals surface area (Å²) in [6, 6.07) is 16.9. The molecule has 2 aliphatic rings. The number of nitrogens with zero attached hydrogens (tertiary/aromatic N) is 2. The van der Waals surface area contributed by atoms with Gasteiger partial charge in [-0.05, 0) is 73.9 Å².